The minimum Gasteiger partial charge on any atom is -0.478 e. The van der Waals surface area contributed by atoms with Crippen LogP contribution in [0.2, 0.25) is 5.02 Å². The summed E-state index contributed by atoms with van der Waals surface area (Å²) in [5.74, 6) is -2.47. The summed E-state index contributed by atoms with van der Waals surface area (Å²) in [5, 5.41) is 16.9. The molecule has 0 atom stereocenters. The second-order valence-electron chi connectivity index (χ2n) is 2.37. The molecular weight excluding hydrogens is 212 g/mol. The molecule has 0 aliphatic heterocycles. The molecule has 0 amide bonds. The normalized spacial score (nSPS) is 9.57. The summed E-state index contributed by atoms with van der Waals surface area (Å²) in [4.78, 5) is 24.9. The van der Waals surface area contributed by atoms with Crippen LogP contribution in [-0.4, -0.2) is 22.3 Å². The van der Waals surface area contributed by atoms with Crippen LogP contribution < -0.4 is 0 Å². The second-order valence-corrected chi connectivity index (χ2v) is 2.81. The van der Waals surface area contributed by atoms with Crippen molar-refractivity contribution in [2.24, 2.45) is 0 Å². The van der Waals surface area contributed by atoms with Crippen molar-refractivity contribution in [3.05, 3.63) is 34.3 Å². The molecule has 0 radical (unpaired) electrons. The smallest absolute Gasteiger partial charge is 0.373 e. The van der Waals surface area contributed by atoms with Crippen molar-refractivity contribution >= 4 is 23.5 Å². The lowest BCUT2D eigenvalue weighted by molar-refractivity contribution is -0.182. The summed E-state index contributed by atoms with van der Waals surface area (Å²) < 4.78 is 0. The van der Waals surface area contributed by atoms with Gasteiger partial charge in [0, 0.05) is 5.02 Å². The third-order valence-corrected chi connectivity index (χ3v) is 1.75. The molecule has 1 aromatic carbocycles. The first-order chi connectivity index (χ1) is 6.56. The summed E-state index contributed by atoms with van der Waals surface area (Å²) in [6.07, 6.45) is 0. The predicted octanol–water partition coefficient (Wildman–Crippen LogP) is 1.67. The van der Waals surface area contributed by atoms with Gasteiger partial charge in [-0.2, -0.15) is 5.26 Å². The third kappa shape index (κ3) is 2.01. The van der Waals surface area contributed by atoms with Gasteiger partial charge in [-0.15, -0.1) is 0 Å². The lowest BCUT2D eigenvalue weighted by Crippen LogP contribution is -2.09. The molecule has 0 aromatic heterocycles. The Morgan fingerprint density at radius 2 is 1.93 bits per heavy atom. The fourth-order valence-corrected chi connectivity index (χ4v) is 1.09. The molecule has 0 fully saturated rings. The van der Waals surface area contributed by atoms with Crippen LogP contribution in [0.1, 0.15) is 20.7 Å². The maximum Gasteiger partial charge on any atom is 0.373 e. The number of benzene rings is 1. The van der Waals surface area contributed by atoms with Gasteiger partial charge in [0.2, 0.25) is 0 Å². The average molecular weight is 217 g/mol. The van der Waals surface area contributed by atoms with E-state index in [1.54, 1.807) is 0 Å². The van der Waals surface area contributed by atoms with Gasteiger partial charge in [-0.3, -0.25) is 4.89 Å². The number of hydrogen-bond donors (Lipinski definition) is 2. The Hall–Kier alpha value is -1.59. The monoisotopic (exact) mass is 216 g/mol. The molecule has 0 heterocycles. The Kier molecular flexibility index (Phi) is 3.06. The maximum absolute atomic E-state index is 10.9. The fraction of sp³-hybridized carbons (Fsp3) is 0. The first kappa shape index (κ1) is 10.5. The van der Waals surface area contributed by atoms with Gasteiger partial charge < -0.3 is 5.11 Å². The van der Waals surface area contributed by atoms with Crippen LogP contribution in [0.25, 0.3) is 0 Å². The van der Waals surface area contributed by atoms with Gasteiger partial charge >= 0.3 is 11.9 Å². The quantitative estimate of drug-likeness (QED) is 0.580. The average Bonchev–Trinajstić information content (AvgIpc) is 2.16. The zero-order chi connectivity index (χ0) is 10.7. The zero-order valence-corrected chi connectivity index (χ0v) is 7.49. The molecule has 14 heavy (non-hydrogen) atoms. The molecule has 0 aliphatic carbocycles. The summed E-state index contributed by atoms with van der Waals surface area (Å²) in [7, 11) is 0. The first-order valence-corrected chi connectivity index (χ1v) is 3.82. The highest BCUT2D eigenvalue weighted by Crippen LogP contribution is 2.16. The van der Waals surface area contributed by atoms with E-state index in [4.69, 9.17) is 22.0 Å². The Morgan fingerprint density at radius 1 is 1.29 bits per heavy atom. The van der Waals surface area contributed by atoms with E-state index in [1.165, 1.54) is 6.07 Å². The van der Waals surface area contributed by atoms with Crippen LogP contribution in [-0.2, 0) is 4.89 Å². The number of carboxylic acids is 1. The maximum atomic E-state index is 10.9. The predicted molar refractivity (Wildman–Crippen MR) is 46.5 cm³/mol. The van der Waals surface area contributed by atoms with Crippen molar-refractivity contribution < 1.29 is 24.8 Å². The van der Waals surface area contributed by atoms with E-state index in [9.17, 15) is 9.59 Å². The fourth-order valence-electron chi connectivity index (χ4n) is 0.921. The van der Waals surface area contributed by atoms with Gasteiger partial charge in [-0.25, -0.2) is 9.59 Å². The van der Waals surface area contributed by atoms with Crippen LogP contribution in [0.15, 0.2) is 18.2 Å². The van der Waals surface area contributed by atoms with Crippen LogP contribution in [0.3, 0.4) is 0 Å². The van der Waals surface area contributed by atoms with E-state index >= 15 is 0 Å². The highest BCUT2D eigenvalue weighted by Gasteiger charge is 2.18. The largest absolute Gasteiger partial charge is 0.478 e. The molecule has 0 bridgehead atoms. The third-order valence-electron chi connectivity index (χ3n) is 1.51. The number of carbonyl (C=O) groups excluding carboxylic acids is 1. The van der Waals surface area contributed by atoms with Crippen molar-refractivity contribution in [3.63, 3.8) is 0 Å². The number of carbonyl (C=O) groups is 2. The number of halogens is 1. The van der Waals surface area contributed by atoms with Crippen LogP contribution in [0.5, 0.6) is 0 Å². The Balaban J connectivity index is 3.29. The van der Waals surface area contributed by atoms with Gasteiger partial charge in [0.1, 0.15) is 0 Å². The molecule has 0 spiro atoms. The van der Waals surface area contributed by atoms with Gasteiger partial charge in [0.05, 0.1) is 11.1 Å². The van der Waals surface area contributed by atoms with Crippen molar-refractivity contribution in [3.8, 4) is 0 Å². The number of rotatable bonds is 2. The van der Waals surface area contributed by atoms with Crippen molar-refractivity contribution in [2.75, 3.05) is 0 Å². The summed E-state index contributed by atoms with van der Waals surface area (Å²) >= 11 is 5.54. The highest BCUT2D eigenvalue weighted by atomic mass is 35.5. The number of aromatic carboxylic acids is 1. The Labute approximate surface area is 83.4 Å². The first-order valence-electron chi connectivity index (χ1n) is 3.45. The Morgan fingerprint density at radius 3 is 2.43 bits per heavy atom. The van der Waals surface area contributed by atoms with Crippen molar-refractivity contribution in [1.29, 1.82) is 0 Å². The van der Waals surface area contributed by atoms with E-state index in [0.29, 0.717) is 0 Å². The molecule has 1 rings (SSSR count). The molecule has 6 heteroatoms. The molecule has 74 valence electrons. The van der Waals surface area contributed by atoms with Crippen LogP contribution >= 0.6 is 11.6 Å². The molecule has 0 unspecified atom stereocenters. The highest BCUT2D eigenvalue weighted by molar-refractivity contribution is 6.31. The topological polar surface area (TPSA) is 83.8 Å². The van der Waals surface area contributed by atoms with E-state index < -0.39 is 11.9 Å². The molecule has 0 saturated heterocycles. The van der Waals surface area contributed by atoms with Gasteiger partial charge in [0.25, 0.3) is 0 Å². The van der Waals surface area contributed by atoms with E-state index in [2.05, 4.69) is 4.89 Å². The van der Waals surface area contributed by atoms with Gasteiger partial charge in [0.15, 0.2) is 0 Å². The van der Waals surface area contributed by atoms with Gasteiger partial charge in [-0.05, 0) is 18.2 Å². The molecule has 2 N–H and O–H groups in total. The number of hydrogen-bond acceptors (Lipinski definition) is 4. The zero-order valence-electron chi connectivity index (χ0n) is 6.73. The number of carboxylic acid groups (broad SMARTS) is 1. The standard InChI is InChI=1S/C8H5ClO5/c9-4-1-2-5(7(10)11)6(3-4)8(12)14-13/h1-3,13H,(H,10,11). The second kappa shape index (κ2) is 4.08. The van der Waals surface area contributed by atoms with E-state index in [1.807, 2.05) is 0 Å². The molecule has 0 saturated carbocycles. The molecule has 5 nitrogen and oxygen atoms in total. The minimum atomic E-state index is -1.30. The van der Waals surface area contributed by atoms with Crippen molar-refractivity contribution in [2.45, 2.75) is 0 Å². The van der Waals surface area contributed by atoms with Crippen LogP contribution in [0, 0.1) is 0 Å². The van der Waals surface area contributed by atoms with Gasteiger partial charge in [-0.1, -0.05) is 11.6 Å². The SMILES string of the molecule is O=C(O)c1ccc(Cl)cc1C(=O)OO. The van der Waals surface area contributed by atoms with Crippen LogP contribution in [0.4, 0.5) is 0 Å². The lowest BCUT2D eigenvalue weighted by atomic mass is 10.1. The van der Waals surface area contributed by atoms with E-state index in [0.717, 1.165) is 12.1 Å². The summed E-state index contributed by atoms with van der Waals surface area (Å²) in [6.45, 7) is 0. The molecule has 0 aliphatic rings. The molecule has 1 aromatic rings. The summed E-state index contributed by atoms with van der Waals surface area (Å²) in [6, 6.07) is 3.57. The summed E-state index contributed by atoms with van der Waals surface area (Å²) in [5.41, 5.74) is -0.582. The van der Waals surface area contributed by atoms with E-state index in [-0.39, 0.29) is 16.1 Å². The molecular formula is C8H5ClO5. The Bertz CT molecular complexity index is 387. The van der Waals surface area contributed by atoms with Crippen molar-refractivity contribution in [1.82, 2.24) is 0 Å². The lowest BCUT2D eigenvalue weighted by Gasteiger charge is -2.02. The minimum absolute atomic E-state index is 0.176.